The van der Waals surface area contributed by atoms with E-state index in [4.69, 9.17) is 4.74 Å². The van der Waals surface area contributed by atoms with E-state index in [2.05, 4.69) is 0 Å². The van der Waals surface area contributed by atoms with Crippen LogP contribution in [0.1, 0.15) is 42.7 Å². The van der Waals surface area contributed by atoms with Gasteiger partial charge < -0.3 is 9.30 Å². The highest BCUT2D eigenvalue weighted by molar-refractivity contribution is 5.94. The molecule has 21 heavy (non-hydrogen) atoms. The third kappa shape index (κ3) is 2.68. The molecule has 1 heterocycles. The van der Waals surface area contributed by atoms with Crippen LogP contribution in [-0.4, -0.2) is 17.1 Å². The molecule has 0 aliphatic heterocycles. The van der Waals surface area contributed by atoms with Gasteiger partial charge in [0.15, 0.2) is 0 Å². The van der Waals surface area contributed by atoms with E-state index in [0.29, 0.717) is 16.5 Å². The molecule has 0 radical (unpaired) electrons. The van der Waals surface area contributed by atoms with Gasteiger partial charge in [-0.2, -0.15) is 0 Å². The molecule has 2 aromatic rings. The minimum absolute atomic E-state index is 0.0240. The van der Waals surface area contributed by atoms with Crippen molar-refractivity contribution in [2.45, 2.75) is 33.7 Å². The van der Waals surface area contributed by atoms with E-state index in [9.17, 15) is 14.0 Å². The second-order valence-corrected chi connectivity index (χ2v) is 5.21. The standard InChI is InChI=1S/C16H18FNO3/c1-5-21-16(20)12-8-18(9(2)3)14-7-13(17)10(4)6-11(14)15(12)19/h6-9H,5H2,1-4H3. The zero-order valence-corrected chi connectivity index (χ0v) is 12.6. The van der Waals surface area contributed by atoms with Gasteiger partial charge >= 0.3 is 5.97 Å². The summed E-state index contributed by atoms with van der Waals surface area (Å²) in [5.74, 6) is -1.03. The van der Waals surface area contributed by atoms with Crippen LogP contribution in [0.25, 0.3) is 10.9 Å². The number of ether oxygens (including phenoxy) is 1. The number of aryl methyl sites for hydroxylation is 1. The molecule has 0 fully saturated rings. The first kappa shape index (κ1) is 15.2. The minimum atomic E-state index is -0.652. The average molecular weight is 291 g/mol. The fraction of sp³-hybridized carbons (Fsp3) is 0.375. The van der Waals surface area contributed by atoms with Gasteiger partial charge in [-0.1, -0.05) is 0 Å². The quantitative estimate of drug-likeness (QED) is 0.816. The van der Waals surface area contributed by atoms with E-state index in [1.807, 2.05) is 13.8 Å². The maximum absolute atomic E-state index is 13.8. The Kier molecular flexibility index (Phi) is 4.11. The van der Waals surface area contributed by atoms with Gasteiger partial charge in [0.05, 0.1) is 12.1 Å². The number of fused-ring (bicyclic) bond motifs is 1. The summed E-state index contributed by atoms with van der Waals surface area (Å²) in [4.78, 5) is 24.4. The molecule has 0 N–H and O–H groups in total. The lowest BCUT2D eigenvalue weighted by Gasteiger charge is -2.17. The Morgan fingerprint density at radius 1 is 1.38 bits per heavy atom. The Hall–Kier alpha value is -2.17. The van der Waals surface area contributed by atoms with Crippen LogP contribution in [0.2, 0.25) is 0 Å². The van der Waals surface area contributed by atoms with Crippen LogP contribution in [-0.2, 0) is 4.74 Å². The van der Waals surface area contributed by atoms with Gasteiger partial charge in [0.1, 0.15) is 11.4 Å². The summed E-state index contributed by atoms with van der Waals surface area (Å²) in [6, 6.07) is 2.79. The van der Waals surface area contributed by atoms with Gasteiger partial charge in [-0.15, -0.1) is 0 Å². The monoisotopic (exact) mass is 291 g/mol. The largest absolute Gasteiger partial charge is 0.462 e. The molecule has 0 amide bonds. The van der Waals surface area contributed by atoms with Crippen molar-refractivity contribution in [2.75, 3.05) is 6.61 Å². The van der Waals surface area contributed by atoms with Crippen molar-refractivity contribution in [3.05, 3.63) is 45.5 Å². The third-order valence-corrected chi connectivity index (χ3v) is 3.36. The van der Waals surface area contributed by atoms with Crippen LogP contribution in [0.4, 0.5) is 4.39 Å². The molecular formula is C16H18FNO3. The second-order valence-electron chi connectivity index (χ2n) is 5.21. The van der Waals surface area contributed by atoms with Crippen LogP contribution < -0.4 is 5.43 Å². The molecule has 0 aliphatic carbocycles. The molecule has 0 saturated carbocycles. The van der Waals surface area contributed by atoms with Gasteiger partial charge in [-0.25, -0.2) is 9.18 Å². The Morgan fingerprint density at radius 2 is 2.05 bits per heavy atom. The number of hydrogen-bond donors (Lipinski definition) is 0. The number of hydrogen-bond acceptors (Lipinski definition) is 3. The van der Waals surface area contributed by atoms with Gasteiger partial charge in [0.2, 0.25) is 5.43 Å². The third-order valence-electron chi connectivity index (χ3n) is 3.36. The molecule has 0 aliphatic rings. The lowest BCUT2D eigenvalue weighted by Crippen LogP contribution is -2.21. The fourth-order valence-corrected chi connectivity index (χ4v) is 2.26. The minimum Gasteiger partial charge on any atom is -0.462 e. The number of esters is 1. The first-order valence-corrected chi connectivity index (χ1v) is 6.89. The van der Waals surface area contributed by atoms with E-state index in [1.165, 1.54) is 18.3 Å². The van der Waals surface area contributed by atoms with Crippen molar-refractivity contribution < 1.29 is 13.9 Å². The lowest BCUT2D eigenvalue weighted by molar-refractivity contribution is 0.0524. The summed E-state index contributed by atoms with van der Waals surface area (Å²) >= 11 is 0. The molecular weight excluding hydrogens is 273 g/mol. The molecule has 112 valence electrons. The number of rotatable bonds is 3. The van der Waals surface area contributed by atoms with Crippen LogP contribution in [0, 0.1) is 12.7 Å². The molecule has 5 heteroatoms. The fourth-order valence-electron chi connectivity index (χ4n) is 2.26. The smallest absolute Gasteiger partial charge is 0.343 e. The number of carbonyl (C=O) groups is 1. The number of pyridine rings is 1. The first-order chi connectivity index (χ1) is 9.86. The van der Waals surface area contributed by atoms with Crippen molar-refractivity contribution >= 4 is 16.9 Å². The Balaban J connectivity index is 2.86. The zero-order valence-electron chi connectivity index (χ0n) is 12.6. The first-order valence-electron chi connectivity index (χ1n) is 6.89. The highest BCUT2D eigenvalue weighted by atomic mass is 19.1. The SMILES string of the molecule is CCOC(=O)c1cn(C(C)C)c2cc(F)c(C)cc2c1=O. The molecule has 1 aromatic carbocycles. The molecule has 4 nitrogen and oxygen atoms in total. The topological polar surface area (TPSA) is 48.3 Å². The van der Waals surface area contributed by atoms with Crippen molar-refractivity contribution in [1.82, 2.24) is 4.57 Å². The number of halogens is 1. The van der Waals surface area contributed by atoms with E-state index in [1.54, 1.807) is 18.4 Å². The van der Waals surface area contributed by atoms with Crippen molar-refractivity contribution in [2.24, 2.45) is 0 Å². The highest BCUT2D eigenvalue weighted by Crippen LogP contribution is 2.20. The Bertz CT molecular complexity index is 762. The zero-order chi connectivity index (χ0) is 15.7. The van der Waals surface area contributed by atoms with Crippen molar-refractivity contribution in [1.29, 1.82) is 0 Å². The summed E-state index contributed by atoms with van der Waals surface area (Å²) in [7, 11) is 0. The predicted octanol–water partition coefficient (Wildman–Crippen LogP) is 3.21. The Labute approximate surface area is 122 Å². The van der Waals surface area contributed by atoms with E-state index in [0.717, 1.165) is 0 Å². The average Bonchev–Trinajstić information content (AvgIpc) is 2.41. The lowest BCUT2D eigenvalue weighted by atomic mass is 10.1. The molecule has 0 atom stereocenters. The normalized spacial score (nSPS) is 11.1. The van der Waals surface area contributed by atoms with E-state index < -0.39 is 11.4 Å². The van der Waals surface area contributed by atoms with E-state index in [-0.39, 0.29) is 24.0 Å². The Morgan fingerprint density at radius 3 is 2.62 bits per heavy atom. The summed E-state index contributed by atoms with van der Waals surface area (Å²) < 4.78 is 20.4. The van der Waals surface area contributed by atoms with Gasteiger partial charge in [-0.05, 0) is 45.4 Å². The summed E-state index contributed by atoms with van der Waals surface area (Å²) in [5.41, 5.74) is 0.398. The predicted molar refractivity (Wildman–Crippen MR) is 79.2 cm³/mol. The van der Waals surface area contributed by atoms with Crippen molar-refractivity contribution in [3.63, 3.8) is 0 Å². The van der Waals surface area contributed by atoms with Crippen LogP contribution in [0.3, 0.4) is 0 Å². The highest BCUT2D eigenvalue weighted by Gasteiger charge is 2.18. The molecule has 1 aromatic heterocycles. The second kappa shape index (κ2) is 5.68. The number of carbonyl (C=O) groups excluding carboxylic acids is 1. The van der Waals surface area contributed by atoms with Crippen LogP contribution in [0.5, 0.6) is 0 Å². The summed E-state index contributed by atoms with van der Waals surface area (Å²) in [5, 5.41) is 0.327. The maximum Gasteiger partial charge on any atom is 0.343 e. The number of aromatic nitrogens is 1. The molecule has 0 unspecified atom stereocenters. The van der Waals surface area contributed by atoms with Crippen LogP contribution >= 0.6 is 0 Å². The number of benzene rings is 1. The van der Waals surface area contributed by atoms with Crippen molar-refractivity contribution in [3.8, 4) is 0 Å². The molecule has 0 bridgehead atoms. The summed E-state index contributed by atoms with van der Waals surface area (Å²) in [6.45, 7) is 7.26. The number of nitrogens with zero attached hydrogens (tertiary/aromatic N) is 1. The van der Waals surface area contributed by atoms with E-state index >= 15 is 0 Å². The molecule has 2 rings (SSSR count). The molecule has 0 spiro atoms. The van der Waals surface area contributed by atoms with Crippen LogP contribution in [0.15, 0.2) is 23.1 Å². The van der Waals surface area contributed by atoms with Gasteiger partial charge in [0, 0.05) is 17.6 Å². The molecule has 0 saturated heterocycles. The van der Waals surface area contributed by atoms with Gasteiger partial charge in [-0.3, -0.25) is 4.79 Å². The van der Waals surface area contributed by atoms with Gasteiger partial charge in [0.25, 0.3) is 0 Å². The summed E-state index contributed by atoms with van der Waals surface area (Å²) in [6.07, 6.45) is 1.45. The maximum atomic E-state index is 13.8.